The first-order valence-electron chi connectivity index (χ1n) is 18.8. The second-order valence-corrected chi connectivity index (χ2v) is 14.8. The Bertz CT molecular complexity index is 977. The van der Waals surface area contributed by atoms with Gasteiger partial charge in [0.25, 0.3) is 0 Å². The maximum Gasteiger partial charge on any atom is 0.234 e. The molecular weight excluding hydrogens is 598 g/mol. The molecule has 0 bridgehead atoms. The van der Waals surface area contributed by atoms with Gasteiger partial charge in [-0.3, -0.25) is 24.6 Å². The molecule has 11 heteroatoms. The van der Waals surface area contributed by atoms with E-state index in [2.05, 4.69) is 10.7 Å². The van der Waals surface area contributed by atoms with E-state index in [-0.39, 0.29) is 42.7 Å². The predicted octanol–water partition coefficient (Wildman–Crippen LogP) is 3.65. The van der Waals surface area contributed by atoms with Crippen LogP contribution in [0.4, 0.5) is 0 Å². The number of hydrogen-bond donors (Lipinski definition) is 5. The lowest BCUT2D eigenvalue weighted by atomic mass is 9.73. The number of primary amides is 1. The van der Waals surface area contributed by atoms with E-state index in [1.54, 1.807) is 5.01 Å². The van der Waals surface area contributed by atoms with Crippen LogP contribution in [0.1, 0.15) is 130 Å². The maximum atomic E-state index is 14.0. The molecule has 3 aliphatic rings. The van der Waals surface area contributed by atoms with Crippen molar-refractivity contribution in [2.75, 3.05) is 26.2 Å². The summed E-state index contributed by atoms with van der Waals surface area (Å²) in [6.45, 7) is 8.10. The smallest absolute Gasteiger partial charge is 0.234 e. The highest BCUT2D eigenvalue weighted by atomic mass is 16.3. The van der Waals surface area contributed by atoms with Gasteiger partial charge < -0.3 is 26.2 Å². The van der Waals surface area contributed by atoms with Crippen molar-refractivity contribution in [2.24, 2.45) is 35.3 Å². The molecule has 270 valence electrons. The summed E-state index contributed by atoms with van der Waals surface area (Å²) in [7, 11) is 0. The minimum Gasteiger partial charge on any atom is -0.393 e. The molecule has 47 heavy (non-hydrogen) atoms. The Morgan fingerprint density at radius 1 is 0.787 bits per heavy atom. The van der Waals surface area contributed by atoms with E-state index in [0.29, 0.717) is 64.1 Å². The van der Waals surface area contributed by atoms with Gasteiger partial charge in [-0.2, -0.15) is 0 Å². The second-order valence-electron chi connectivity index (χ2n) is 14.8. The molecule has 3 saturated carbocycles. The van der Waals surface area contributed by atoms with Crippen molar-refractivity contribution >= 4 is 23.6 Å². The van der Waals surface area contributed by atoms with E-state index in [0.717, 1.165) is 44.9 Å². The summed E-state index contributed by atoms with van der Waals surface area (Å²) in [6, 6.07) is -0.586. The molecule has 11 nitrogen and oxygen atoms in total. The minimum atomic E-state index is -0.954. The van der Waals surface area contributed by atoms with Crippen molar-refractivity contribution in [1.82, 2.24) is 20.7 Å². The van der Waals surface area contributed by atoms with Crippen molar-refractivity contribution in [3.05, 3.63) is 0 Å². The van der Waals surface area contributed by atoms with Crippen molar-refractivity contribution in [1.29, 1.82) is 0 Å². The summed E-state index contributed by atoms with van der Waals surface area (Å²) in [6.07, 6.45) is 11.9. The third-order valence-corrected chi connectivity index (χ3v) is 10.7. The lowest BCUT2D eigenvalue weighted by Gasteiger charge is -2.37. The lowest BCUT2D eigenvalue weighted by molar-refractivity contribution is -0.141. The Morgan fingerprint density at radius 3 is 1.98 bits per heavy atom. The molecule has 0 aliphatic heterocycles. The van der Waals surface area contributed by atoms with E-state index in [9.17, 15) is 29.4 Å². The standard InChI is InChI=1S/C36H65N5O6/c1-4-16-40(17-5-2)36(47)29-22-27(34(37)45)21-28(23-29)35(46)38-31(19-26-12-14-30(42)15-13-26)32(43)24-41(18-6-3)39-33(44)20-25-10-8-7-9-11-25/h25-32,42-43H,4-24H2,1-3H3,(H2,37,45)(H,38,46)(H,39,44). The van der Waals surface area contributed by atoms with Crippen molar-refractivity contribution in [2.45, 2.75) is 148 Å². The van der Waals surface area contributed by atoms with Gasteiger partial charge in [-0.1, -0.05) is 40.0 Å². The number of carbonyl (C=O) groups excluding carboxylic acids is 4. The van der Waals surface area contributed by atoms with Gasteiger partial charge in [0.1, 0.15) is 0 Å². The number of carbonyl (C=O) groups is 4. The number of aliphatic hydroxyl groups excluding tert-OH is 2. The fourth-order valence-electron chi connectivity index (χ4n) is 8.14. The number of nitrogens with two attached hydrogens (primary N) is 1. The van der Waals surface area contributed by atoms with E-state index < -0.39 is 35.8 Å². The quantitative estimate of drug-likeness (QED) is 0.140. The SMILES string of the molecule is CCCN(CC(O)C(CC1CCC(O)CC1)NC(=O)C1CC(C(N)=O)CC(C(=O)N(CCC)CCC)C1)NC(=O)CC1CCCCC1. The van der Waals surface area contributed by atoms with Crippen LogP contribution in [0.2, 0.25) is 0 Å². The molecule has 0 aromatic rings. The molecule has 0 saturated heterocycles. The van der Waals surface area contributed by atoms with Crippen molar-refractivity contribution in [3.8, 4) is 0 Å². The lowest BCUT2D eigenvalue weighted by Crippen LogP contribution is -2.55. The zero-order valence-corrected chi connectivity index (χ0v) is 29.5. The summed E-state index contributed by atoms with van der Waals surface area (Å²) in [5.41, 5.74) is 8.80. The number of nitrogens with one attached hydrogen (secondary N) is 2. The van der Waals surface area contributed by atoms with Gasteiger partial charge in [0.15, 0.2) is 0 Å². The highest BCUT2D eigenvalue weighted by Gasteiger charge is 2.41. The summed E-state index contributed by atoms with van der Waals surface area (Å²) < 4.78 is 0. The molecule has 0 aromatic heterocycles. The fraction of sp³-hybridized carbons (Fsp3) is 0.889. The van der Waals surface area contributed by atoms with E-state index in [1.807, 2.05) is 25.7 Å². The van der Waals surface area contributed by atoms with Gasteiger partial charge in [-0.25, -0.2) is 5.01 Å². The summed E-state index contributed by atoms with van der Waals surface area (Å²) in [5.74, 6) is -1.79. The van der Waals surface area contributed by atoms with Gasteiger partial charge in [0.05, 0.1) is 18.2 Å². The number of rotatable bonds is 18. The normalized spacial score (nSPS) is 26.7. The fourth-order valence-corrected chi connectivity index (χ4v) is 8.14. The molecule has 0 heterocycles. The molecule has 5 unspecified atom stereocenters. The van der Waals surface area contributed by atoms with Crippen molar-refractivity contribution in [3.63, 3.8) is 0 Å². The molecule has 3 fully saturated rings. The number of amides is 4. The van der Waals surface area contributed by atoms with E-state index in [4.69, 9.17) is 5.73 Å². The molecule has 0 radical (unpaired) electrons. The Hall–Kier alpha value is -2.24. The zero-order valence-electron chi connectivity index (χ0n) is 29.5. The molecule has 3 aliphatic carbocycles. The van der Waals surface area contributed by atoms with Crippen LogP contribution in [0.15, 0.2) is 0 Å². The average molecular weight is 664 g/mol. The largest absolute Gasteiger partial charge is 0.393 e. The molecule has 3 rings (SSSR count). The number of hydrazine groups is 1. The number of nitrogens with zero attached hydrogens (tertiary/aromatic N) is 2. The molecule has 0 aromatic carbocycles. The van der Waals surface area contributed by atoms with Gasteiger partial charge in [0, 0.05) is 50.4 Å². The van der Waals surface area contributed by atoms with Crippen LogP contribution in [0.3, 0.4) is 0 Å². The Balaban J connectivity index is 1.73. The summed E-state index contributed by atoms with van der Waals surface area (Å²) in [5, 5.41) is 26.7. The van der Waals surface area contributed by atoms with Gasteiger partial charge >= 0.3 is 0 Å². The Morgan fingerprint density at radius 2 is 1.38 bits per heavy atom. The summed E-state index contributed by atoms with van der Waals surface area (Å²) in [4.78, 5) is 54.7. The first-order valence-corrected chi connectivity index (χ1v) is 18.8. The third kappa shape index (κ3) is 13.0. The molecule has 6 N–H and O–H groups in total. The van der Waals surface area contributed by atoms with Crippen molar-refractivity contribution < 1.29 is 29.4 Å². The average Bonchev–Trinajstić information content (AvgIpc) is 3.05. The predicted molar refractivity (Wildman–Crippen MR) is 182 cm³/mol. The van der Waals surface area contributed by atoms with E-state index in [1.165, 1.54) is 19.3 Å². The van der Waals surface area contributed by atoms with Crippen LogP contribution in [-0.4, -0.2) is 88.2 Å². The highest BCUT2D eigenvalue weighted by molar-refractivity contribution is 5.85. The minimum absolute atomic E-state index is 0.0195. The van der Waals surface area contributed by atoms with Crippen LogP contribution < -0.4 is 16.5 Å². The Kier molecular flexibility index (Phi) is 16.9. The number of aliphatic hydroxyl groups is 2. The highest BCUT2D eigenvalue weighted by Crippen LogP contribution is 2.36. The van der Waals surface area contributed by atoms with E-state index >= 15 is 0 Å². The third-order valence-electron chi connectivity index (χ3n) is 10.7. The monoisotopic (exact) mass is 663 g/mol. The zero-order chi connectivity index (χ0) is 34.3. The topological polar surface area (TPSA) is 165 Å². The molecular formula is C36H65N5O6. The van der Waals surface area contributed by atoms with Gasteiger partial charge in [-0.05, 0) is 95.3 Å². The maximum absolute atomic E-state index is 14.0. The van der Waals surface area contributed by atoms with Crippen LogP contribution in [0, 0.1) is 29.6 Å². The molecule has 4 amide bonds. The molecule has 0 spiro atoms. The summed E-state index contributed by atoms with van der Waals surface area (Å²) >= 11 is 0. The van der Waals surface area contributed by atoms with Crippen LogP contribution >= 0.6 is 0 Å². The van der Waals surface area contributed by atoms with Crippen LogP contribution in [0.5, 0.6) is 0 Å². The van der Waals surface area contributed by atoms with Crippen LogP contribution in [-0.2, 0) is 19.2 Å². The van der Waals surface area contributed by atoms with Crippen LogP contribution in [0.25, 0.3) is 0 Å². The van der Waals surface area contributed by atoms with Gasteiger partial charge in [0.2, 0.25) is 23.6 Å². The first-order chi connectivity index (χ1) is 22.5. The second kappa shape index (κ2) is 20.3. The van der Waals surface area contributed by atoms with Gasteiger partial charge in [-0.15, -0.1) is 0 Å². The molecule has 5 atom stereocenters. The Labute approximate surface area is 283 Å². The first kappa shape index (κ1) is 39.2. The number of hydrogen-bond acceptors (Lipinski definition) is 7.